The fraction of sp³-hybridized carbons (Fsp3) is 0.333. The summed E-state index contributed by atoms with van der Waals surface area (Å²) in [6.07, 6.45) is 6.00. The summed E-state index contributed by atoms with van der Waals surface area (Å²) in [4.78, 5) is 25.5. The molecule has 3 rings (SSSR count). The fourth-order valence-electron chi connectivity index (χ4n) is 3.24. The average Bonchev–Trinajstić information content (AvgIpc) is 2.62. The molecular formula is C21H23NO2. The first-order valence-corrected chi connectivity index (χ1v) is 8.79. The smallest absolute Gasteiger partial charge is 0.196 e. The van der Waals surface area contributed by atoms with Gasteiger partial charge in [0.1, 0.15) is 0 Å². The van der Waals surface area contributed by atoms with Gasteiger partial charge in [0, 0.05) is 28.9 Å². The van der Waals surface area contributed by atoms with E-state index in [0.29, 0.717) is 22.3 Å². The Morgan fingerprint density at radius 3 is 2.17 bits per heavy atom. The van der Waals surface area contributed by atoms with E-state index < -0.39 is 0 Å². The third-order valence-corrected chi connectivity index (χ3v) is 4.55. The van der Waals surface area contributed by atoms with Crippen LogP contribution in [0.3, 0.4) is 0 Å². The second kappa shape index (κ2) is 7.43. The molecule has 0 radical (unpaired) electrons. The van der Waals surface area contributed by atoms with Crippen LogP contribution in [0.4, 0.5) is 5.69 Å². The summed E-state index contributed by atoms with van der Waals surface area (Å²) in [7, 11) is 0. The van der Waals surface area contributed by atoms with Crippen molar-refractivity contribution in [3.8, 4) is 0 Å². The lowest BCUT2D eigenvalue weighted by molar-refractivity contribution is 0.0979. The van der Waals surface area contributed by atoms with E-state index in [1.54, 1.807) is 30.3 Å². The van der Waals surface area contributed by atoms with E-state index in [1.807, 2.05) is 12.1 Å². The number of unbranched alkanes of at least 4 members (excludes halogenated alkanes) is 4. The van der Waals surface area contributed by atoms with Gasteiger partial charge in [-0.3, -0.25) is 9.59 Å². The van der Waals surface area contributed by atoms with Crippen molar-refractivity contribution in [1.29, 1.82) is 0 Å². The third kappa shape index (κ3) is 3.12. The minimum absolute atomic E-state index is 0.0608. The lowest BCUT2D eigenvalue weighted by atomic mass is 9.83. The monoisotopic (exact) mass is 321 g/mol. The Labute approximate surface area is 143 Å². The first kappa shape index (κ1) is 16.4. The number of hydrogen-bond donors (Lipinski definition) is 1. The number of fused-ring (bicyclic) bond motifs is 2. The molecule has 2 aromatic carbocycles. The standard InChI is InChI=1S/C21H23NO2/c1-2-3-4-5-8-14-22-18-13-9-12-17-19(18)21(24)16-11-7-6-10-15(16)20(17)23/h6-7,9-13,22H,2-5,8,14H2,1H3. The van der Waals surface area contributed by atoms with E-state index in [0.717, 1.165) is 18.7 Å². The molecule has 0 unspecified atom stereocenters. The molecule has 0 bridgehead atoms. The third-order valence-electron chi connectivity index (χ3n) is 4.55. The van der Waals surface area contributed by atoms with Crippen LogP contribution in [0.2, 0.25) is 0 Å². The van der Waals surface area contributed by atoms with E-state index >= 15 is 0 Å². The van der Waals surface area contributed by atoms with Crippen LogP contribution >= 0.6 is 0 Å². The molecule has 0 spiro atoms. The largest absolute Gasteiger partial charge is 0.384 e. The van der Waals surface area contributed by atoms with Crippen molar-refractivity contribution in [3.63, 3.8) is 0 Å². The molecule has 0 atom stereocenters. The van der Waals surface area contributed by atoms with E-state index in [2.05, 4.69) is 12.2 Å². The van der Waals surface area contributed by atoms with Gasteiger partial charge in [-0.15, -0.1) is 0 Å². The second-order valence-corrected chi connectivity index (χ2v) is 6.27. The Kier molecular flexibility index (Phi) is 5.09. The maximum absolute atomic E-state index is 12.9. The zero-order valence-corrected chi connectivity index (χ0v) is 14.1. The van der Waals surface area contributed by atoms with Crippen molar-refractivity contribution >= 4 is 17.3 Å². The molecular weight excluding hydrogens is 298 g/mol. The molecule has 0 fully saturated rings. The number of anilines is 1. The zero-order valence-electron chi connectivity index (χ0n) is 14.1. The van der Waals surface area contributed by atoms with Crippen LogP contribution in [0.25, 0.3) is 0 Å². The highest BCUT2D eigenvalue weighted by atomic mass is 16.1. The number of carbonyl (C=O) groups is 2. The summed E-state index contributed by atoms with van der Waals surface area (Å²) in [5.41, 5.74) is 2.82. The Hall–Kier alpha value is -2.42. The van der Waals surface area contributed by atoms with Crippen molar-refractivity contribution in [1.82, 2.24) is 0 Å². The maximum Gasteiger partial charge on any atom is 0.196 e. The van der Waals surface area contributed by atoms with E-state index in [4.69, 9.17) is 0 Å². The van der Waals surface area contributed by atoms with E-state index in [9.17, 15) is 9.59 Å². The summed E-state index contributed by atoms with van der Waals surface area (Å²) < 4.78 is 0. The Morgan fingerprint density at radius 2 is 1.42 bits per heavy atom. The molecule has 0 heterocycles. The van der Waals surface area contributed by atoms with Crippen LogP contribution < -0.4 is 5.32 Å². The van der Waals surface area contributed by atoms with Gasteiger partial charge in [0.05, 0.1) is 5.56 Å². The molecule has 2 aromatic rings. The highest BCUT2D eigenvalue weighted by molar-refractivity contribution is 6.30. The van der Waals surface area contributed by atoms with Crippen molar-refractivity contribution in [2.75, 3.05) is 11.9 Å². The van der Waals surface area contributed by atoms with Gasteiger partial charge >= 0.3 is 0 Å². The molecule has 24 heavy (non-hydrogen) atoms. The quantitative estimate of drug-likeness (QED) is 0.633. The van der Waals surface area contributed by atoms with Gasteiger partial charge in [-0.1, -0.05) is 69.0 Å². The van der Waals surface area contributed by atoms with Gasteiger partial charge in [0.25, 0.3) is 0 Å². The highest BCUT2D eigenvalue weighted by Gasteiger charge is 2.31. The van der Waals surface area contributed by atoms with E-state index in [1.165, 1.54) is 25.7 Å². The molecule has 3 nitrogen and oxygen atoms in total. The number of hydrogen-bond acceptors (Lipinski definition) is 3. The summed E-state index contributed by atoms with van der Waals surface area (Å²) in [5.74, 6) is -0.124. The average molecular weight is 321 g/mol. The topological polar surface area (TPSA) is 46.2 Å². The van der Waals surface area contributed by atoms with Gasteiger partial charge in [-0.2, -0.15) is 0 Å². The number of ketones is 2. The van der Waals surface area contributed by atoms with Gasteiger partial charge in [0.15, 0.2) is 11.6 Å². The number of benzene rings is 2. The molecule has 0 amide bonds. The Morgan fingerprint density at radius 1 is 0.750 bits per heavy atom. The lowest BCUT2D eigenvalue weighted by Crippen LogP contribution is -2.22. The molecule has 1 aliphatic rings. The normalized spacial score (nSPS) is 12.7. The van der Waals surface area contributed by atoms with Crippen molar-refractivity contribution < 1.29 is 9.59 Å². The van der Waals surface area contributed by atoms with Crippen LogP contribution in [0, 0.1) is 0 Å². The SMILES string of the molecule is CCCCCCCNc1cccc2c1C(=O)c1ccccc1C2=O. The lowest BCUT2D eigenvalue weighted by Gasteiger charge is -2.20. The van der Waals surface area contributed by atoms with E-state index in [-0.39, 0.29) is 11.6 Å². The molecule has 0 aliphatic heterocycles. The number of carbonyl (C=O) groups excluding carboxylic acids is 2. The van der Waals surface area contributed by atoms with Crippen LogP contribution in [0.1, 0.15) is 70.9 Å². The van der Waals surface area contributed by atoms with Gasteiger partial charge < -0.3 is 5.32 Å². The van der Waals surface area contributed by atoms with Crippen molar-refractivity contribution in [3.05, 3.63) is 64.7 Å². The Balaban J connectivity index is 1.80. The first-order chi connectivity index (χ1) is 11.7. The van der Waals surface area contributed by atoms with Crippen molar-refractivity contribution in [2.45, 2.75) is 39.0 Å². The van der Waals surface area contributed by atoms with Crippen LogP contribution in [-0.4, -0.2) is 18.1 Å². The van der Waals surface area contributed by atoms with Gasteiger partial charge in [-0.05, 0) is 12.5 Å². The van der Waals surface area contributed by atoms with Gasteiger partial charge in [0.2, 0.25) is 0 Å². The zero-order chi connectivity index (χ0) is 16.9. The first-order valence-electron chi connectivity index (χ1n) is 8.79. The molecule has 0 saturated carbocycles. The molecule has 1 aliphatic carbocycles. The molecule has 1 N–H and O–H groups in total. The second-order valence-electron chi connectivity index (χ2n) is 6.27. The minimum atomic E-state index is -0.0632. The number of nitrogens with one attached hydrogen (secondary N) is 1. The van der Waals surface area contributed by atoms with Gasteiger partial charge in [-0.25, -0.2) is 0 Å². The number of rotatable bonds is 7. The molecule has 0 aromatic heterocycles. The summed E-state index contributed by atoms with van der Waals surface area (Å²) >= 11 is 0. The summed E-state index contributed by atoms with van der Waals surface area (Å²) in [6.45, 7) is 3.03. The fourth-order valence-corrected chi connectivity index (χ4v) is 3.24. The maximum atomic E-state index is 12.9. The minimum Gasteiger partial charge on any atom is -0.384 e. The van der Waals surface area contributed by atoms with Crippen LogP contribution in [-0.2, 0) is 0 Å². The molecule has 124 valence electrons. The molecule has 3 heteroatoms. The molecule has 0 saturated heterocycles. The summed E-state index contributed by atoms with van der Waals surface area (Å²) in [6, 6.07) is 12.6. The predicted octanol–water partition coefficient (Wildman–Crippen LogP) is 4.84. The van der Waals surface area contributed by atoms with Crippen LogP contribution in [0.5, 0.6) is 0 Å². The van der Waals surface area contributed by atoms with Crippen LogP contribution in [0.15, 0.2) is 42.5 Å². The van der Waals surface area contributed by atoms with Crippen molar-refractivity contribution in [2.24, 2.45) is 0 Å². The Bertz CT molecular complexity index is 764. The summed E-state index contributed by atoms with van der Waals surface area (Å²) in [5, 5.41) is 3.36. The predicted molar refractivity (Wildman–Crippen MR) is 97.0 cm³/mol. The highest BCUT2D eigenvalue weighted by Crippen LogP contribution is 2.31.